The molecule has 34 N–H and O–H groups in total. The maximum absolute atomic E-state index is 13.3. The lowest BCUT2D eigenvalue weighted by atomic mass is 9.88. The van der Waals surface area contributed by atoms with Gasteiger partial charge in [-0.25, -0.2) is 4.79 Å². The van der Waals surface area contributed by atoms with Gasteiger partial charge in [0.05, 0.1) is 90.4 Å². The molecule has 0 spiro atoms. The molecule has 0 saturated carbocycles. The summed E-state index contributed by atoms with van der Waals surface area (Å²) in [7, 11) is 0. The smallest absolute Gasteiger partial charge is 0.364 e. The van der Waals surface area contributed by atoms with E-state index in [0.29, 0.717) is 0 Å². The highest BCUT2D eigenvalue weighted by Crippen LogP contribution is 2.42. The number of aliphatic hydroxyl groups excluding tert-OH is 28. The highest BCUT2D eigenvalue weighted by atomic mass is 16.8. The molecule has 9 saturated heterocycles. The van der Waals surface area contributed by atoms with Gasteiger partial charge in [0.25, 0.3) is 5.79 Å². The molecule has 0 aliphatic carbocycles. The van der Waals surface area contributed by atoms with Crippen LogP contribution >= 0.6 is 0 Å². The van der Waals surface area contributed by atoms with Crippen molar-refractivity contribution in [2.24, 2.45) is 0 Å². The SMILES string of the molecule is CC(=O)N[C@H]1[C@H]([C@H](O)[C@H](O)CO)OC(O[C@H]2[C@@H](O)[C@@H](CO)OC(O[C@H]3[C@H](O)[C@@H](NC(C)=O)C(O[C@@H]4C(OC[C@H]5OC(O[C@H]6[C@H](O)[C@@H](NC(C)=O)C(O[C@@H]([C@H](O)[C@H](CO)NC(C)=O)[C@H](O)COC7O[C@@H](C)[C@@H](O)[C@@H](O)[C@@H]7O)O[C@@H]6CO)[C@@H](O)[C@@H](OC6O[C@H](CO)[C@@H](O)[C@H](O)[C@@H]6OC6O[C@H](CO)[C@@H](O)[C@H](O)[C@H]6NC(C)=O)[C@@H]5O)O[C@H](CO)[C@@H](O)[C@@H]4O)O[C@@H]3CO)[C@@H]2O)(C(=O)O)C[C@@H]1O. The number of amides is 5. The normalized spacial score (nSPS) is 45.0. The fourth-order valence-electron chi connectivity index (χ4n) is 16.5. The molecule has 9 aliphatic heterocycles. The minimum atomic E-state index is -3.32. The summed E-state index contributed by atoms with van der Waals surface area (Å²) < 4.78 is 107. The van der Waals surface area contributed by atoms with Crippen LogP contribution in [0.4, 0.5) is 0 Å². The molecule has 0 bridgehead atoms. The van der Waals surface area contributed by atoms with Crippen LogP contribution in [-0.2, 0) is 114 Å². The van der Waals surface area contributed by atoms with E-state index in [0.717, 1.165) is 34.6 Å². The summed E-state index contributed by atoms with van der Waals surface area (Å²) in [5, 5.41) is 337. The Morgan fingerprint density at radius 1 is 0.366 bits per heavy atom. The van der Waals surface area contributed by atoms with Crippen molar-refractivity contribution >= 4 is 35.5 Å². The van der Waals surface area contributed by atoms with E-state index in [-0.39, 0.29) is 0 Å². The Bertz CT molecular complexity index is 3610. The third kappa shape index (κ3) is 25.2. The van der Waals surface area contributed by atoms with E-state index in [9.17, 15) is 177 Å². The van der Waals surface area contributed by atoms with E-state index in [1.54, 1.807) is 0 Å². The molecule has 9 aliphatic rings. The van der Waals surface area contributed by atoms with Crippen molar-refractivity contribution in [1.82, 2.24) is 26.6 Å². The molecule has 0 aromatic heterocycles. The number of ether oxygens (including phenoxy) is 18. The van der Waals surface area contributed by atoms with E-state index in [2.05, 4.69) is 26.6 Å². The zero-order valence-corrected chi connectivity index (χ0v) is 70.8. The van der Waals surface area contributed by atoms with Crippen molar-refractivity contribution in [1.29, 1.82) is 0 Å². The minimum absolute atomic E-state index is 0.866. The van der Waals surface area contributed by atoms with Crippen molar-refractivity contribution in [2.45, 2.75) is 354 Å². The summed E-state index contributed by atoms with van der Waals surface area (Å²) in [4.78, 5) is 77.0. The second kappa shape index (κ2) is 48.0. The molecular weight excluding hydrogens is 1790 g/mol. The molecule has 758 valence electrons. The number of rotatable bonds is 39. The number of carbonyl (C=O) groups is 6. The first kappa shape index (κ1) is 110. The van der Waals surface area contributed by atoms with Gasteiger partial charge >= 0.3 is 5.97 Å². The summed E-state index contributed by atoms with van der Waals surface area (Å²) in [5.74, 6) is -10.3. The average Bonchev–Trinajstić information content (AvgIpc) is 0.751. The molecule has 0 aromatic rings. The highest BCUT2D eigenvalue weighted by molar-refractivity contribution is 5.77. The largest absolute Gasteiger partial charge is 0.477 e. The average molecular weight is 1920 g/mol. The minimum Gasteiger partial charge on any atom is -0.477 e. The molecule has 0 radical (unpaired) electrons. The Balaban J connectivity index is 1.04. The number of hydrogen-bond acceptors (Lipinski definition) is 52. The van der Waals surface area contributed by atoms with Gasteiger partial charge < -0.3 is 260 Å². The van der Waals surface area contributed by atoms with Crippen molar-refractivity contribution in [3.8, 4) is 0 Å². The summed E-state index contributed by atoms with van der Waals surface area (Å²) in [6.07, 6.45) is -97.9. The van der Waals surface area contributed by atoms with Crippen molar-refractivity contribution in [3.05, 3.63) is 0 Å². The van der Waals surface area contributed by atoms with Gasteiger partial charge in [-0.1, -0.05) is 0 Å². The van der Waals surface area contributed by atoms with Gasteiger partial charge in [0.1, 0.15) is 226 Å². The number of carboxylic acids is 1. The summed E-state index contributed by atoms with van der Waals surface area (Å²) >= 11 is 0. The van der Waals surface area contributed by atoms with Crippen LogP contribution in [0.1, 0.15) is 48.0 Å². The predicted molar refractivity (Wildman–Crippen MR) is 406 cm³/mol. The molecule has 58 nitrogen and oxygen atoms in total. The number of nitrogens with one attached hydrogen (secondary N) is 5. The van der Waals surface area contributed by atoms with Gasteiger partial charge in [0.15, 0.2) is 50.3 Å². The van der Waals surface area contributed by atoms with Crippen molar-refractivity contribution < 1.29 is 262 Å². The first-order valence-corrected chi connectivity index (χ1v) is 41.5. The Morgan fingerprint density at radius 3 is 1.25 bits per heavy atom. The second-order valence-corrected chi connectivity index (χ2v) is 32.9. The van der Waals surface area contributed by atoms with Gasteiger partial charge in [-0.15, -0.1) is 0 Å². The van der Waals surface area contributed by atoms with E-state index in [4.69, 9.17) is 85.3 Å². The van der Waals surface area contributed by atoms with Crippen molar-refractivity contribution in [3.63, 3.8) is 0 Å². The van der Waals surface area contributed by atoms with Crippen LogP contribution in [0.25, 0.3) is 0 Å². The first-order valence-electron chi connectivity index (χ1n) is 41.5. The van der Waals surface area contributed by atoms with E-state index >= 15 is 0 Å². The van der Waals surface area contributed by atoms with Gasteiger partial charge in [-0.2, -0.15) is 0 Å². The third-order valence-electron chi connectivity index (χ3n) is 23.4. The lowest BCUT2D eigenvalue weighted by Gasteiger charge is -2.51. The van der Waals surface area contributed by atoms with Crippen LogP contribution < -0.4 is 26.6 Å². The molecule has 0 aromatic carbocycles. The van der Waals surface area contributed by atoms with Crippen LogP contribution in [0.2, 0.25) is 0 Å². The molecule has 9 fully saturated rings. The van der Waals surface area contributed by atoms with Crippen molar-refractivity contribution in [2.75, 3.05) is 66.1 Å². The summed E-state index contributed by atoms with van der Waals surface area (Å²) in [6.45, 7) is -6.12. The molecule has 9 unspecified atom stereocenters. The number of carboxylic acid groups (broad SMARTS) is 1. The molecular formula is C73H123N5O53. The highest BCUT2D eigenvalue weighted by Gasteiger charge is 2.64. The van der Waals surface area contributed by atoms with E-state index in [1.807, 2.05) is 0 Å². The Kier molecular flexibility index (Phi) is 40.2. The zero-order chi connectivity index (χ0) is 97.3. The molecule has 5 amide bonds. The maximum atomic E-state index is 13.3. The quantitative estimate of drug-likeness (QED) is 0.0272. The molecule has 50 atom stereocenters. The summed E-state index contributed by atoms with van der Waals surface area (Å²) in [5.41, 5.74) is 0. The van der Waals surface area contributed by atoms with E-state index < -0.39 is 414 Å². The maximum Gasteiger partial charge on any atom is 0.364 e. The van der Waals surface area contributed by atoms with Crippen LogP contribution in [0.15, 0.2) is 0 Å². The van der Waals surface area contributed by atoms with Gasteiger partial charge in [0, 0.05) is 41.0 Å². The Morgan fingerprint density at radius 2 is 0.771 bits per heavy atom. The van der Waals surface area contributed by atoms with Crippen LogP contribution in [0.5, 0.6) is 0 Å². The molecule has 9 rings (SSSR count). The Hall–Kier alpha value is -5.02. The van der Waals surface area contributed by atoms with Crippen LogP contribution in [0.3, 0.4) is 0 Å². The topological polar surface area (TPSA) is 915 Å². The number of aliphatic hydroxyl groups is 28. The number of hydrogen-bond donors (Lipinski definition) is 34. The van der Waals surface area contributed by atoms with Gasteiger partial charge in [0.2, 0.25) is 29.5 Å². The standard InChI is InChI=1S/C73H123N5O53/c1-18-39(95)50(106)53(109)67(116-18)114-16-27(94)56(40(96)24(8-79)74-19(2)87)124-65-37(77-22(5)90)48(104)57(32(14-85)121-65)125-68-54(110)60(127-71-63(52(108)44(100)30(12-83)120-71)129-64-36(76-21(4)89)47(103)42(98)28(10-81)117-64)46(102)34(123-68)17-115-70-62(51(107)43(99)29(11-82)119-70)128-66-38(78-23(6)91)49(105)58(33(15-86)122-66)126-69-55(111)61(45(101)31(13-84)118-69)131-73(72(112)113)7-25(92)35(75-20(3)88)59(130-73)41(97)26(93)9-80/h18,24-71,79-86,92-111H,7-17H2,1-6H3,(H,74,87)(H,75,88)(H,76,89)(H,77,90)(H,78,91)(H,112,113)/t18-,24-,25-,26+,27+,28+,29+,30+,31+,32+,33+,34+,35+,36+,37+,38+,39+,40+,41+,42+,43+,44+,45-,46+,47+,48+,49+,50+,51-,52-,53-,54-,55+,56+,57+,58+,59+,60-,61-,62-,63-,64?,65?,66?,67?,68?,69?,70?,71?,73?/m0/s1. The van der Waals surface area contributed by atoms with Crippen LogP contribution in [0, 0.1) is 0 Å². The van der Waals surface area contributed by atoms with Gasteiger partial charge in [-0.05, 0) is 6.92 Å². The zero-order valence-electron chi connectivity index (χ0n) is 70.8. The van der Waals surface area contributed by atoms with Crippen LogP contribution in [-0.4, -0.2) is 556 Å². The molecule has 9 heterocycles. The lowest BCUT2D eigenvalue weighted by molar-refractivity contribution is -0.397. The fourth-order valence-corrected chi connectivity index (χ4v) is 16.5. The molecule has 58 heteroatoms. The number of aliphatic carboxylic acids is 1. The van der Waals surface area contributed by atoms with Gasteiger partial charge in [-0.3, -0.25) is 24.0 Å². The second-order valence-electron chi connectivity index (χ2n) is 32.9. The third-order valence-corrected chi connectivity index (χ3v) is 23.4. The first-order chi connectivity index (χ1) is 61.7. The fraction of sp³-hybridized carbons (Fsp3) is 0.918. The van der Waals surface area contributed by atoms with E-state index in [1.165, 1.54) is 6.92 Å². The molecule has 131 heavy (non-hydrogen) atoms. The summed E-state index contributed by atoms with van der Waals surface area (Å²) in [6, 6.07) is -9.58. The number of carbonyl (C=O) groups excluding carboxylic acids is 5. The lowest BCUT2D eigenvalue weighted by Crippen LogP contribution is -2.71. The predicted octanol–water partition coefficient (Wildman–Crippen LogP) is -22.2. The monoisotopic (exact) mass is 1920 g/mol. The Labute approximate surface area is 742 Å².